The molecular formula is C13H12BrNOS. The van der Waals surface area contributed by atoms with Gasteiger partial charge in [0.15, 0.2) is 0 Å². The third kappa shape index (κ3) is 3.01. The van der Waals surface area contributed by atoms with Gasteiger partial charge in [-0.15, -0.1) is 11.8 Å². The average molecular weight is 310 g/mol. The average Bonchev–Trinajstić information content (AvgIpc) is 2.36. The molecule has 1 aromatic heterocycles. The van der Waals surface area contributed by atoms with Crippen molar-refractivity contribution in [1.82, 2.24) is 4.98 Å². The quantitative estimate of drug-likeness (QED) is 0.769. The van der Waals surface area contributed by atoms with Crippen molar-refractivity contribution >= 4 is 27.7 Å². The van der Waals surface area contributed by atoms with Crippen LogP contribution in [0.4, 0.5) is 0 Å². The van der Waals surface area contributed by atoms with Crippen molar-refractivity contribution in [1.29, 1.82) is 0 Å². The number of hydrogen-bond donors (Lipinski definition) is 0. The number of hydrogen-bond acceptors (Lipinski definition) is 3. The van der Waals surface area contributed by atoms with Crippen molar-refractivity contribution in [2.45, 2.75) is 11.8 Å². The van der Waals surface area contributed by atoms with Gasteiger partial charge >= 0.3 is 0 Å². The minimum Gasteiger partial charge on any atom is -0.455 e. The van der Waals surface area contributed by atoms with Gasteiger partial charge in [0.2, 0.25) is 0 Å². The second-order valence-corrected chi connectivity index (χ2v) is 5.26. The maximum Gasteiger partial charge on any atom is 0.149 e. The van der Waals surface area contributed by atoms with Crippen molar-refractivity contribution in [3.05, 3.63) is 46.7 Å². The first kappa shape index (κ1) is 12.5. The van der Waals surface area contributed by atoms with Gasteiger partial charge in [0.1, 0.15) is 11.5 Å². The number of nitrogens with zero attached hydrogens (tertiary/aromatic N) is 1. The van der Waals surface area contributed by atoms with Crippen LogP contribution in [0, 0.1) is 6.92 Å². The fourth-order valence-corrected chi connectivity index (χ4v) is 2.08. The normalized spacial score (nSPS) is 10.3. The fourth-order valence-electron chi connectivity index (χ4n) is 1.36. The van der Waals surface area contributed by atoms with E-state index in [1.165, 1.54) is 4.90 Å². The first-order valence-corrected chi connectivity index (χ1v) is 7.14. The summed E-state index contributed by atoms with van der Waals surface area (Å²) in [6.45, 7) is 2.00. The second-order valence-electron chi connectivity index (χ2n) is 3.52. The number of aromatic nitrogens is 1. The molecule has 17 heavy (non-hydrogen) atoms. The van der Waals surface area contributed by atoms with Crippen LogP contribution in [0.15, 0.2) is 46.0 Å². The summed E-state index contributed by atoms with van der Waals surface area (Å²) in [4.78, 5) is 5.32. The van der Waals surface area contributed by atoms with Crippen molar-refractivity contribution in [2.24, 2.45) is 0 Å². The molecule has 1 heterocycles. The van der Waals surface area contributed by atoms with E-state index < -0.39 is 0 Å². The van der Waals surface area contributed by atoms with Crippen LogP contribution >= 0.6 is 27.7 Å². The van der Waals surface area contributed by atoms with Crippen LogP contribution < -0.4 is 4.74 Å². The smallest absolute Gasteiger partial charge is 0.149 e. The first-order chi connectivity index (χ1) is 8.20. The number of halogens is 1. The van der Waals surface area contributed by atoms with E-state index in [0.29, 0.717) is 0 Å². The highest BCUT2D eigenvalue weighted by Crippen LogP contribution is 2.29. The lowest BCUT2D eigenvalue weighted by Crippen LogP contribution is -1.89. The Morgan fingerprint density at radius 1 is 1.18 bits per heavy atom. The standard InChI is InChI=1S/C13H12BrNOS/c1-9-12(14)7-15-8-13(9)16-10-3-5-11(17-2)6-4-10/h3-8H,1-2H3. The van der Waals surface area contributed by atoms with Crippen LogP contribution in [-0.2, 0) is 0 Å². The van der Waals surface area contributed by atoms with E-state index in [1.54, 1.807) is 24.2 Å². The molecule has 0 aliphatic rings. The Kier molecular flexibility index (Phi) is 4.07. The van der Waals surface area contributed by atoms with E-state index >= 15 is 0 Å². The summed E-state index contributed by atoms with van der Waals surface area (Å²) >= 11 is 5.15. The zero-order valence-corrected chi connectivity index (χ0v) is 12.0. The summed E-state index contributed by atoms with van der Waals surface area (Å²) in [5, 5.41) is 0. The number of rotatable bonds is 3. The summed E-state index contributed by atoms with van der Waals surface area (Å²) in [6.07, 6.45) is 5.54. The molecule has 0 fully saturated rings. The SMILES string of the molecule is CSc1ccc(Oc2cncc(Br)c2C)cc1. The van der Waals surface area contributed by atoms with E-state index in [9.17, 15) is 0 Å². The molecule has 0 bridgehead atoms. The predicted molar refractivity (Wildman–Crippen MR) is 75.0 cm³/mol. The summed E-state index contributed by atoms with van der Waals surface area (Å²) in [6, 6.07) is 8.01. The van der Waals surface area contributed by atoms with E-state index in [0.717, 1.165) is 21.5 Å². The zero-order chi connectivity index (χ0) is 12.3. The summed E-state index contributed by atoms with van der Waals surface area (Å²) < 4.78 is 6.74. The molecule has 2 rings (SSSR count). The molecule has 4 heteroatoms. The second kappa shape index (κ2) is 5.56. The van der Waals surface area contributed by atoms with Gasteiger partial charge in [-0.05, 0) is 53.4 Å². The topological polar surface area (TPSA) is 22.1 Å². The monoisotopic (exact) mass is 309 g/mol. The van der Waals surface area contributed by atoms with Gasteiger partial charge in [0.05, 0.1) is 6.20 Å². The molecule has 1 aromatic carbocycles. The maximum atomic E-state index is 5.79. The number of ether oxygens (including phenoxy) is 1. The Labute approximate surface area is 114 Å². The highest BCUT2D eigenvalue weighted by atomic mass is 79.9. The van der Waals surface area contributed by atoms with Crippen LogP contribution in [0.5, 0.6) is 11.5 Å². The van der Waals surface area contributed by atoms with Gasteiger partial charge in [-0.1, -0.05) is 0 Å². The van der Waals surface area contributed by atoms with Gasteiger partial charge < -0.3 is 4.74 Å². The molecular weight excluding hydrogens is 298 g/mol. The van der Waals surface area contributed by atoms with E-state index in [2.05, 4.69) is 27.2 Å². The molecule has 88 valence electrons. The third-order valence-corrected chi connectivity index (χ3v) is 3.94. The minimum absolute atomic E-state index is 0.774. The molecule has 0 saturated heterocycles. The molecule has 0 radical (unpaired) electrons. The third-order valence-electron chi connectivity index (χ3n) is 2.39. The molecule has 0 saturated carbocycles. The molecule has 0 aliphatic carbocycles. The lowest BCUT2D eigenvalue weighted by atomic mass is 10.3. The van der Waals surface area contributed by atoms with Gasteiger partial charge in [-0.3, -0.25) is 4.98 Å². The Hall–Kier alpha value is -1.00. The Morgan fingerprint density at radius 2 is 1.88 bits per heavy atom. The first-order valence-electron chi connectivity index (χ1n) is 5.12. The van der Waals surface area contributed by atoms with Crippen LogP contribution in [0.25, 0.3) is 0 Å². The summed E-state index contributed by atoms with van der Waals surface area (Å²) in [5.41, 5.74) is 1.05. The molecule has 0 spiro atoms. The molecule has 0 N–H and O–H groups in total. The van der Waals surface area contributed by atoms with E-state index in [4.69, 9.17) is 4.74 Å². The zero-order valence-electron chi connectivity index (χ0n) is 9.61. The highest BCUT2D eigenvalue weighted by molar-refractivity contribution is 9.10. The summed E-state index contributed by atoms with van der Waals surface area (Å²) in [5.74, 6) is 1.60. The van der Waals surface area contributed by atoms with Crippen molar-refractivity contribution in [3.8, 4) is 11.5 Å². The summed E-state index contributed by atoms with van der Waals surface area (Å²) in [7, 11) is 0. The molecule has 2 aromatic rings. The lowest BCUT2D eigenvalue weighted by Gasteiger charge is -2.09. The van der Waals surface area contributed by atoms with Gasteiger partial charge in [-0.25, -0.2) is 0 Å². The van der Waals surface area contributed by atoms with Crippen LogP contribution in [-0.4, -0.2) is 11.2 Å². The number of pyridine rings is 1. The molecule has 0 aliphatic heterocycles. The maximum absolute atomic E-state index is 5.79. The highest BCUT2D eigenvalue weighted by Gasteiger charge is 2.04. The van der Waals surface area contributed by atoms with Crippen LogP contribution in [0.3, 0.4) is 0 Å². The lowest BCUT2D eigenvalue weighted by molar-refractivity contribution is 0.475. The predicted octanol–water partition coefficient (Wildman–Crippen LogP) is 4.67. The largest absolute Gasteiger partial charge is 0.455 e. The minimum atomic E-state index is 0.774. The Morgan fingerprint density at radius 3 is 2.53 bits per heavy atom. The van der Waals surface area contributed by atoms with E-state index in [-0.39, 0.29) is 0 Å². The molecule has 0 amide bonds. The molecule has 2 nitrogen and oxygen atoms in total. The molecule has 0 atom stereocenters. The van der Waals surface area contributed by atoms with E-state index in [1.807, 2.05) is 31.2 Å². The molecule has 0 unspecified atom stereocenters. The number of thioether (sulfide) groups is 1. The van der Waals surface area contributed by atoms with Gasteiger partial charge in [-0.2, -0.15) is 0 Å². The Balaban J connectivity index is 2.22. The fraction of sp³-hybridized carbons (Fsp3) is 0.154. The van der Waals surface area contributed by atoms with Gasteiger partial charge in [0.25, 0.3) is 0 Å². The van der Waals surface area contributed by atoms with Crippen molar-refractivity contribution in [3.63, 3.8) is 0 Å². The van der Waals surface area contributed by atoms with Crippen molar-refractivity contribution < 1.29 is 4.74 Å². The van der Waals surface area contributed by atoms with Crippen LogP contribution in [0.1, 0.15) is 5.56 Å². The Bertz CT molecular complexity index is 513. The van der Waals surface area contributed by atoms with Crippen molar-refractivity contribution in [2.75, 3.05) is 6.26 Å². The number of benzene rings is 1. The van der Waals surface area contributed by atoms with Crippen LogP contribution in [0.2, 0.25) is 0 Å². The van der Waals surface area contributed by atoms with Gasteiger partial charge in [0, 0.05) is 21.1 Å².